The van der Waals surface area contributed by atoms with Gasteiger partial charge in [-0.25, -0.2) is 0 Å². The van der Waals surface area contributed by atoms with Crippen molar-refractivity contribution < 1.29 is 19.1 Å². The molecule has 0 aliphatic carbocycles. The number of benzene rings is 1. The van der Waals surface area contributed by atoms with E-state index >= 15 is 0 Å². The van der Waals surface area contributed by atoms with Gasteiger partial charge in [0.25, 0.3) is 11.8 Å². The van der Waals surface area contributed by atoms with Crippen molar-refractivity contribution in [1.29, 1.82) is 0 Å². The highest BCUT2D eigenvalue weighted by atomic mass is 16.5. The van der Waals surface area contributed by atoms with E-state index in [1.54, 1.807) is 18.2 Å². The van der Waals surface area contributed by atoms with Crippen LogP contribution >= 0.6 is 0 Å². The van der Waals surface area contributed by atoms with Gasteiger partial charge >= 0.3 is 0 Å². The third-order valence-corrected chi connectivity index (χ3v) is 2.66. The lowest BCUT2D eigenvalue weighted by Crippen LogP contribution is -2.31. The molecule has 0 atom stereocenters. The van der Waals surface area contributed by atoms with Crippen LogP contribution < -0.4 is 20.1 Å². The largest absolute Gasteiger partial charge is 0.484 e. The molecule has 20 heavy (non-hydrogen) atoms. The van der Waals surface area contributed by atoms with Crippen LogP contribution in [0.15, 0.2) is 18.2 Å². The van der Waals surface area contributed by atoms with Gasteiger partial charge in [0, 0.05) is 12.6 Å². The highest BCUT2D eigenvalue weighted by molar-refractivity contribution is 5.95. The fourth-order valence-corrected chi connectivity index (χ4v) is 1.67. The lowest BCUT2D eigenvalue weighted by atomic mass is 10.2. The van der Waals surface area contributed by atoms with Crippen LogP contribution in [-0.4, -0.2) is 31.6 Å². The molecule has 2 rings (SSSR count). The molecule has 0 fully saturated rings. The second-order valence-electron chi connectivity index (χ2n) is 4.98. The van der Waals surface area contributed by atoms with E-state index in [9.17, 15) is 9.59 Å². The SMILES string of the molecule is CC(C)CNC(=O)COc1ccc2c(c1)NC(=O)CO2. The Morgan fingerprint density at radius 3 is 3.05 bits per heavy atom. The van der Waals surface area contributed by atoms with Crippen molar-refractivity contribution in [3.63, 3.8) is 0 Å². The monoisotopic (exact) mass is 278 g/mol. The Hall–Kier alpha value is -2.24. The quantitative estimate of drug-likeness (QED) is 0.847. The molecule has 0 aromatic heterocycles. The van der Waals surface area contributed by atoms with Crippen molar-refractivity contribution in [1.82, 2.24) is 5.32 Å². The van der Waals surface area contributed by atoms with Crippen LogP contribution in [0.1, 0.15) is 13.8 Å². The molecule has 2 amide bonds. The van der Waals surface area contributed by atoms with Crippen LogP contribution in [0.4, 0.5) is 5.69 Å². The molecule has 1 aliphatic rings. The topological polar surface area (TPSA) is 76.7 Å². The Morgan fingerprint density at radius 1 is 1.50 bits per heavy atom. The third kappa shape index (κ3) is 3.88. The lowest BCUT2D eigenvalue weighted by Gasteiger charge is -2.18. The maximum Gasteiger partial charge on any atom is 0.262 e. The predicted octanol–water partition coefficient (Wildman–Crippen LogP) is 1.17. The van der Waals surface area contributed by atoms with Gasteiger partial charge in [-0.3, -0.25) is 9.59 Å². The van der Waals surface area contributed by atoms with Crippen molar-refractivity contribution >= 4 is 17.5 Å². The maximum atomic E-state index is 11.5. The Labute approximate surface area is 117 Å². The van der Waals surface area contributed by atoms with Gasteiger partial charge < -0.3 is 20.1 Å². The molecule has 0 spiro atoms. The van der Waals surface area contributed by atoms with Crippen molar-refractivity contribution in [3.8, 4) is 11.5 Å². The summed E-state index contributed by atoms with van der Waals surface area (Å²) >= 11 is 0. The lowest BCUT2D eigenvalue weighted by molar-refractivity contribution is -0.123. The first-order valence-corrected chi connectivity index (χ1v) is 6.51. The molecule has 1 aromatic rings. The van der Waals surface area contributed by atoms with Gasteiger partial charge in [-0.2, -0.15) is 0 Å². The second-order valence-corrected chi connectivity index (χ2v) is 4.98. The van der Waals surface area contributed by atoms with Gasteiger partial charge in [0.15, 0.2) is 13.2 Å². The van der Waals surface area contributed by atoms with E-state index < -0.39 is 0 Å². The summed E-state index contributed by atoms with van der Waals surface area (Å²) < 4.78 is 10.6. The number of rotatable bonds is 5. The standard InChI is InChI=1S/C14H18N2O4/c1-9(2)6-15-13(17)7-19-10-3-4-12-11(5-10)16-14(18)8-20-12/h3-5,9H,6-8H2,1-2H3,(H,15,17)(H,16,18). The summed E-state index contributed by atoms with van der Waals surface area (Å²) in [7, 11) is 0. The van der Waals surface area contributed by atoms with Crippen LogP contribution in [0.2, 0.25) is 0 Å². The zero-order chi connectivity index (χ0) is 14.5. The molecule has 0 saturated carbocycles. The fraction of sp³-hybridized carbons (Fsp3) is 0.429. The summed E-state index contributed by atoms with van der Waals surface area (Å²) in [5.74, 6) is 1.13. The van der Waals surface area contributed by atoms with Crippen molar-refractivity contribution in [2.45, 2.75) is 13.8 Å². The van der Waals surface area contributed by atoms with E-state index in [-0.39, 0.29) is 25.0 Å². The van der Waals surface area contributed by atoms with Crippen molar-refractivity contribution in [2.75, 3.05) is 25.1 Å². The molecule has 1 heterocycles. The van der Waals surface area contributed by atoms with Crippen LogP contribution in [-0.2, 0) is 9.59 Å². The van der Waals surface area contributed by atoms with E-state index in [2.05, 4.69) is 10.6 Å². The first-order valence-electron chi connectivity index (χ1n) is 6.51. The van der Waals surface area contributed by atoms with E-state index in [4.69, 9.17) is 9.47 Å². The van der Waals surface area contributed by atoms with Crippen LogP contribution in [0.25, 0.3) is 0 Å². The first kappa shape index (κ1) is 14.2. The van der Waals surface area contributed by atoms with Crippen LogP contribution in [0.3, 0.4) is 0 Å². The van der Waals surface area contributed by atoms with Crippen molar-refractivity contribution in [3.05, 3.63) is 18.2 Å². The molecule has 6 heteroatoms. The molecule has 0 unspecified atom stereocenters. The smallest absolute Gasteiger partial charge is 0.262 e. The molecule has 1 aromatic carbocycles. The number of hydrogen-bond acceptors (Lipinski definition) is 4. The summed E-state index contributed by atoms with van der Waals surface area (Å²) in [5.41, 5.74) is 0.557. The Morgan fingerprint density at radius 2 is 2.30 bits per heavy atom. The molecule has 0 bridgehead atoms. The molecule has 0 saturated heterocycles. The molecule has 1 aliphatic heterocycles. The predicted molar refractivity (Wildman–Crippen MR) is 73.9 cm³/mol. The molecule has 2 N–H and O–H groups in total. The number of amides is 2. The summed E-state index contributed by atoms with van der Waals surface area (Å²) in [5, 5.41) is 5.45. The number of nitrogens with one attached hydrogen (secondary N) is 2. The summed E-state index contributed by atoms with van der Waals surface area (Å²) in [6.07, 6.45) is 0. The minimum atomic E-state index is -0.204. The van der Waals surface area contributed by atoms with E-state index in [1.807, 2.05) is 13.8 Å². The average Bonchev–Trinajstić information content (AvgIpc) is 2.42. The molecular weight excluding hydrogens is 260 g/mol. The highest BCUT2D eigenvalue weighted by Gasteiger charge is 2.16. The normalized spacial score (nSPS) is 13.2. The van der Waals surface area contributed by atoms with Gasteiger partial charge in [0.05, 0.1) is 5.69 Å². The van der Waals surface area contributed by atoms with Crippen LogP contribution in [0, 0.1) is 5.92 Å². The Kier molecular flexibility index (Phi) is 4.45. The molecule has 108 valence electrons. The number of hydrogen-bond donors (Lipinski definition) is 2. The zero-order valence-electron chi connectivity index (χ0n) is 11.6. The molecule has 0 radical (unpaired) electrons. The third-order valence-electron chi connectivity index (χ3n) is 2.66. The number of carbonyl (C=O) groups excluding carboxylic acids is 2. The number of carbonyl (C=O) groups is 2. The van der Waals surface area contributed by atoms with Gasteiger partial charge in [0.2, 0.25) is 0 Å². The fourth-order valence-electron chi connectivity index (χ4n) is 1.67. The minimum absolute atomic E-state index is 0.0187. The molecular formula is C14H18N2O4. The van der Waals surface area contributed by atoms with E-state index in [1.165, 1.54) is 0 Å². The maximum absolute atomic E-state index is 11.5. The first-order chi connectivity index (χ1) is 9.54. The summed E-state index contributed by atoms with van der Waals surface area (Å²) in [6.45, 7) is 4.63. The molecule has 6 nitrogen and oxygen atoms in total. The van der Waals surface area contributed by atoms with Crippen LogP contribution in [0.5, 0.6) is 11.5 Å². The van der Waals surface area contributed by atoms with Crippen molar-refractivity contribution in [2.24, 2.45) is 5.92 Å². The second kappa shape index (κ2) is 6.27. The number of anilines is 1. The zero-order valence-corrected chi connectivity index (χ0v) is 11.6. The van der Waals surface area contributed by atoms with Gasteiger partial charge in [-0.15, -0.1) is 0 Å². The number of ether oxygens (including phenoxy) is 2. The average molecular weight is 278 g/mol. The Bertz CT molecular complexity index is 514. The minimum Gasteiger partial charge on any atom is -0.484 e. The number of fused-ring (bicyclic) bond motifs is 1. The van der Waals surface area contributed by atoms with Gasteiger partial charge in [-0.1, -0.05) is 13.8 Å². The van der Waals surface area contributed by atoms with E-state index in [0.717, 1.165) is 0 Å². The van der Waals surface area contributed by atoms with E-state index in [0.29, 0.717) is 29.6 Å². The van der Waals surface area contributed by atoms with Gasteiger partial charge in [0.1, 0.15) is 11.5 Å². The van der Waals surface area contributed by atoms with Gasteiger partial charge in [-0.05, 0) is 18.1 Å². The highest BCUT2D eigenvalue weighted by Crippen LogP contribution is 2.31. The summed E-state index contributed by atoms with van der Waals surface area (Å²) in [6, 6.07) is 5.05. The Balaban J connectivity index is 1.89. The summed E-state index contributed by atoms with van der Waals surface area (Å²) in [4.78, 5) is 22.7.